The lowest BCUT2D eigenvalue weighted by Crippen LogP contribution is -2.28. The van der Waals surface area contributed by atoms with Gasteiger partial charge in [0.15, 0.2) is 0 Å². The van der Waals surface area contributed by atoms with Crippen LogP contribution < -0.4 is 0 Å². The molecule has 2 heterocycles. The molecule has 0 radical (unpaired) electrons. The molecular weight excluding hydrogens is 210 g/mol. The van der Waals surface area contributed by atoms with E-state index < -0.39 is 0 Å². The number of nitrogens with zero attached hydrogens (tertiary/aromatic N) is 3. The maximum absolute atomic E-state index is 4.32. The predicted molar refractivity (Wildman–Crippen MR) is 68.7 cm³/mol. The smallest absolute Gasteiger partial charge is 0.0537 e. The summed E-state index contributed by atoms with van der Waals surface area (Å²) in [6, 6.07) is 0.643. The maximum atomic E-state index is 4.32. The van der Waals surface area contributed by atoms with Crippen molar-refractivity contribution >= 4 is 0 Å². The molecule has 1 atom stereocenters. The fraction of sp³-hybridized carbons (Fsp3) is 0.786. The molecule has 1 aliphatic carbocycles. The van der Waals surface area contributed by atoms with E-state index in [4.69, 9.17) is 0 Å². The standard InChI is InChI=1S/C14H23N3/c1-16-11-13(9-15-16)14-7-4-8-17(14)10-12-5-2-3-6-12/h9,11-12,14H,2-8,10H2,1H3/t14-/m1/s1. The summed E-state index contributed by atoms with van der Waals surface area (Å²) in [5.74, 6) is 0.965. The normalized spacial score (nSPS) is 27.0. The highest BCUT2D eigenvalue weighted by Crippen LogP contribution is 2.35. The average Bonchev–Trinajstić information content (AvgIpc) is 2.99. The fourth-order valence-corrected chi connectivity index (χ4v) is 3.56. The summed E-state index contributed by atoms with van der Waals surface area (Å²) in [4.78, 5) is 2.70. The highest BCUT2D eigenvalue weighted by Gasteiger charge is 2.29. The average molecular weight is 233 g/mol. The van der Waals surface area contributed by atoms with Gasteiger partial charge < -0.3 is 0 Å². The summed E-state index contributed by atoms with van der Waals surface area (Å²) in [5.41, 5.74) is 1.42. The SMILES string of the molecule is Cn1cc([C@H]2CCCN2CC2CCCC2)cn1. The molecule has 3 heteroatoms. The van der Waals surface area contributed by atoms with Crippen LogP contribution in [0.4, 0.5) is 0 Å². The monoisotopic (exact) mass is 233 g/mol. The topological polar surface area (TPSA) is 21.1 Å². The van der Waals surface area contributed by atoms with Crippen LogP contribution in [0.15, 0.2) is 12.4 Å². The fourth-order valence-electron chi connectivity index (χ4n) is 3.56. The van der Waals surface area contributed by atoms with Crippen molar-refractivity contribution < 1.29 is 0 Å². The van der Waals surface area contributed by atoms with Gasteiger partial charge in [-0.25, -0.2) is 0 Å². The Morgan fingerprint density at radius 3 is 2.76 bits per heavy atom. The third kappa shape index (κ3) is 2.39. The molecule has 1 aromatic heterocycles. The largest absolute Gasteiger partial charge is 0.296 e. The van der Waals surface area contributed by atoms with Crippen molar-refractivity contribution in [3.63, 3.8) is 0 Å². The molecule has 94 valence electrons. The molecule has 0 bridgehead atoms. The molecule has 0 spiro atoms. The summed E-state index contributed by atoms with van der Waals surface area (Å²) in [6.07, 6.45) is 12.7. The molecule has 17 heavy (non-hydrogen) atoms. The molecule has 1 saturated heterocycles. The van der Waals surface area contributed by atoms with Crippen molar-refractivity contribution in [3.8, 4) is 0 Å². The molecule has 0 unspecified atom stereocenters. The summed E-state index contributed by atoms with van der Waals surface area (Å²) in [5, 5.41) is 4.32. The second-order valence-electron chi connectivity index (χ2n) is 5.75. The minimum atomic E-state index is 0.643. The zero-order valence-electron chi connectivity index (χ0n) is 10.8. The lowest BCUT2D eigenvalue weighted by Gasteiger charge is -2.26. The first-order chi connectivity index (χ1) is 8.33. The molecule has 0 amide bonds. The zero-order chi connectivity index (χ0) is 11.7. The van der Waals surface area contributed by atoms with Gasteiger partial charge in [-0.05, 0) is 38.1 Å². The minimum absolute atomic E-state index is 0.643. The van der Waals surface area contributed by atoms with Gasteiger partial charge in [0, 0.05) is 31.4 Å². The Kier molecular flexibility index (Phi) is 3.19. The summed E-state index contributed by atoms with van der Waals surface area (Å²) >= 11 is 0. The van der Waals surface area contributed by atoms with E-state index in [1.54, 1.807) is 0 Å². The van der Waals surface area contributed by atoms with Crippen LogP contribution in [-0.2, 0) is 7.05 Å². The van der Waals surface area contributed by atoms with Crippen LogP contribution >= 0.6 is 0 Å². The molecule has 3 nitrogen and oxygen atoms in total. The summed E-state index contributed by atoms with van der Waals surface area (Å²) in [6.45, 7) is 2.61. The minimum Gasteiger partial charge on any atom is -0.296 e. The molecule has 1 aliphatic heterocycles. The van der Waals surface area contributed by atoms with Gasteiger partial charge in [0.05, 0.1) is 6.20 Å². The molecule has 0 aromatic carbocycles. The first kappa shape index (κ1) is 11.3. The molecule has 0 N–H and O–H groups in total. The Hall–Kier alpha value is -0.830. The van der Waals surface area contributed by atoms with Crippen LogP contribution in [0.25, 0.3) is 0 Å². The molecule has 1 saturated carbocycles. The number of hydrogen-bond acceptors (Lipinski definition) is 2. The van der Waals surface area contributed by atoms with Gasteiger partial charge in [-0.2, -0.15) is 5.10 Å². The van der Waals surface area contributed by atoms with Gasteiger partial charge >= 0.3 is 0 Å². The van der Waals surface area contributed by atoms with Crippen LogP contribution in [0, 0.1) is 5.92 Å². The van der Waals surface area contributed by atoms with E-state index in [0.29, 0.717) is 6.04 Å². The number of rotatable bonds is 3. The third-order valence-electron chi connectivity index (χ3n) is 4.44. The van der Waals surface area contributed by atoms with Crippen LogP contribution in [0.3, 0.4) is 0 Å². The van der Waals surface area contributed by atoms with Crippen molar-refractivity contribution in [2.75, 3.05) is 13.1 Å². The van der Waals surface area contributed by atoms with Gasteiger partial charge in [-0.3, -0.25) is 9.58 Å². The number of hydrogen-bond donors (Lipinski definition) is 0. The quantitative estimate of drug-likeness (QED) is 0.800. The number of aryl methyl sites for hydroxylation is 1. The lowest BCUT2D eigenvalue weighted by molar-refractivity contribution is 0.217. The van der Waals surface area contributed by atoms with Gasteiger partial charge in [0.25, 0.3) is 0 Å². The van der Waals surface area contributed by atoms with Crippen LogP contribution in [0.1, 0.15) is 50.1 Å². The van der Waals surface area contributed by atoms with E-state index in [0.717, 1.165) is 5.92 Å². The molecular formula is C14H23N3. The Morgan fingerprint density at radius 2 is 2.06 bits per heavy atom. The summed E-state index contributed by atoms with van der Waals surface area (Å²) < 4.78 is 1.93. The molecule has 2 fully saturated rings. The summed E-state index contributed by atoms with van der Waals surface area (Å²) in [7, 11) is 2.01. The predicted octanol–water partition coefficient (Wildman–Crippen LogP) is 2.75. The van der Waals surface area contributed by atoms with E-state index in [1.165, 1.54) is 57.2 Å². The van der Waals surface area contributed by atoms with E-state index in [-0.39, 0.29) is 0 Å². The Labute approximate surface area is 104 Å². The molecule has 2 aliphatic rings. The molecule has 3 rings (SSSR count). The van der Waals surface area contributed by atoms with Crippen LogP contribution in [0.5, 0.6) is 0 Å². The third-order valence-corrected chi connectivity index (χ3v) is 4.44. The van der Waals surface area contributed by atoms with Gasteiger partial charge in [-0.15, -0.1) is 0 Å². The van der Waals surface area contributed by atoms with E-state index >= 15 is 0 Å². The van der Waals surface area contributed by atoms with Crippen LogP contribution in [-0.4, -0.2) is 27.8 Å². The van der Waals surface area contributed by atoms with Crippen molar-refractivity contribution in [2.45, 2.75) is 44.6 Å². The zero-order valence-corrected chi connectivity index (χ0v) is 10.8. The van der Waals surface area contributed by atoms with E-state index in [9.17, 15) is 0 Å². The maximum Gasteiger partial charge on any atom is 0.0537 e. The van der Waals surface area contributed by atoms with E-state index in [1.807, 2.05) is 11.7 Å². The first-order valence-electron chi connectivity index (χ1n) is 7.05. The van der Waals surface area contributed by atoms with Crippen molar-refractivity contribution in [1.29, 1.82) is 0 Å². The van der Waals surface area contributed by atoms with Gasteiger partial charge in [-0.1, -0.05) is 12.8 Å². The second kappa shape index (κ2) is 4.81. The lowest BCUT2D eigenvalue weighted by atomic mass is 10.1. The van der Waals surface area contributed by atoms with Gasteiger partial charge in [0.1, 0.15) is 0 Å². The first-order valence-corrected chi connectivity index (χ1v) is 7.05. The highest BCUT2D eigenvalue weighted by atomic mass is 15.3. The van der Waals surface area contributed by atoms with Crippen LogP contribution in [0.2, 0.25) is 0 Å². The highest BCUT2D eigenvalue weighted by molar-refractivity contribution is 5.12. The number of likely N-dealkylation sites (tertiary alicyclic amines) is 1. The van der Waals surface area contributed by atoms with Crippen molar-refractivity contribution in [3.05, 3.63) is 18.0 Å². The van der Waals surface area contributed by atoms with E-state index in [2.05, 4.69) is 22.4 Å². The van der Waals surface area contributed by atoms with Crippen molar-refractivity contribution in [2.24, 2.45) is 13.0 Å². The second-order valence-corrected chi connectivity index (χ2v) is 5.75. The Balaban J connectivity index is 1.66. The molecule has 1 aromatic rings. The number of aromatic nitrogens is 2. The Bertz CT molecular complexity index is 365. The van der Waals surface area contributed by atoms with Crippen molar-refractivity contribution in [1.82, 2.24) is 14.7 Å². The van der Waals surface area contributed by atoms with Gasteiger partial charge in [0.2, 0.25) is 0 Å². The Morgan fingerprint density at radius 1 is 1.24 bits per heavy atom.